The van der Waals surface area contributed by atoms with Crippen LogP contribution in [-0.2, 0) is 11.3 Å². The minimum atomic E-state index is -0.900. The number of aromatic nitrogens is 4. The van der Waals surface area contributed by atoms with Crippen LogP contribution in [0.1, 0.15) is 11.7 Å². The zero-order valence-corrected chi connectivity index (χ0v) is 13.3. The molecular formula is C16H14ClN5O2. The molecule has 0 aliphatic carbocycles. The zero-order chi connectivity index (χ0) is 16.9. The molecule has 0 fully saturated rings. The largest absolute Gasteiger partial charge is 0.439 e. The molecule has 0 saturated carbocycles. The Morgan fingerprint density at radius 3 is 2.58 bits per heavy atom. The van der Waals surface area contributed by atoms with E-state index in [0.29, 0.717) is 16.4 Å². The number of carbonyl (C=O) groups excluding carboxylic acids is 1. The van der Waals surface area contributed by atoms with E-state index in [1.807, 2.05) is 30.3 Å². The van der Waals surface area contributed by atoms with Gasteiger partial charge in [0.2, 0.25) is 5.82 Å². The van der Waals surface area contributed by atoms with Gasteiger partial charge in [-0.15, -0.1) is 10.2 Å². The number of carbonyl (C=O) groups is 1. The molecule has 3 aromatic rings. The Kier molecular flexibility index (Phi) is 4.72. The van der Waals surface area contributed by atoms with Crippen molar-refractivity contribution in [1.82, 2.24) is 20.2 Å². The molecule has 2 N–H and O–H groups in total. The quantitative estimate of drug-likeness (QED) is 0.768. The molecule has 0 spiro atoms. The number of ether oxygens (including phenoxy) is 1. The minimum absolute atomic E-state index is 0.145. The maximum Gasteiger partial charge on any atom is 0.405 e. The van der Waals surface area contributed by atoms with Crippen LogP contribution in [0.15, 0.2) is 54.6 Å². The SMILES string of the molecule is NC(=O)OC(Cn1nnc(-c2ccccc2)n1)c1ccccc1Cl. The van der Waals surface area contributed by atoms with Crippen molar-refractivity contribution in [3.05, 3.63) is 65.2 Å². The van der Waals surface area contributed by atoms with E-state index in [-0.39, 0.29) is 6.54 Å². The third-order valence-corrected chi connectivity index (χ3v) is 3.67. The predicted molar refractivity (Wildman–Crippen MR) is 88.1 cm³/mol. The standard InChI is InChI=1S/C16H14ClN5O2/c17-13-9-5-4-8-12(13)14(24-16(18)23)10-22-20-15(19-21-22)11-6-2-1-3-7-11/h1-9,14H,10H2,(H2,18,23). The monoisotopic (exact) mass is 343 g/mol. The number of tetrazole rings is 1. The molecule has 2 aromatic carbocycles. The van der Waals surface area contributed by atoms with Gasteiger partial charge in [-0.05, 0) is 11.3 Å². The molecule has 1 heterocycles. The van der Waals surface area contributed by atoms with Crippen molar-refractivity contribution in [2.24, 2.45) is 5.73 Å². The number of hydrogen-bond acceptors (Lipinski definition) is 5. The first-order chi connectivity index (χ1) is 11.6. The lowest BCUT2D eigenvalue weighted by molar-refractivity contribution is 0.0901. The van der Waals surface area contributed by atoms with Crippen LogP contribution in [0.4, 0.5) is 4.79 Å². The fraction of sp³-hybridized carbons (Fsp3) is 0.125. The van der Waals surface area contributed by atoms with Gasteiger partial charge in [-0.2, -0.15) is 4.80 Å². The lowest BCUT2D eigenvalue weighted by atomic mass is 10.1. The molecular weight excluding hydrogens is 330 g/mol. The first-order valence-electron chi connectivity index (χ1n) is 7.17. The highest BCUT2D eigenvalue weighted by atomic mass is 35.5. The van der Waals surface area contributed by atoms with Gasteiger partial charge in [-0.25, -0.2) is 4.79 Å². The molecule has 122 valence electrons. The maximum absolute atomic E-state index is 11.2. The Morgan fingerprint density at radius 2 is 1.88 bits per heavy atom. The van der Waals surface area contributed by atoms with Crippen molar-refractivity contribution >= 4 is 17.7 Å². The second kappa shape index (κ2) is 7.10. The maximum atomic E-state index is 11.2. The molecule has 0 saturated heterocycles. The smallest absolute Gasteiger partial charge is 0.405 e. The van der Waals surface area contributed by atoms with Gasteiger partial charge in [0, 0.05) is 16.1 Å². The summed E-state index contributed by atoms with van der Waals surface area (Å²) in [5, 5.41) is 12.8. The molecule has 0 aliphatic rings. The fourth-order valence-electron chi connectivity index (χ4n) is 2.25. The van der Waals surface area contributed by atoms with Gasteiger partial charge in [0.1, 0.15) is 6.54 Å². The summed E-state index contributed by atoms with van der Waals surface area (Å²) in [6.45, 7) is 0.145. The number of rotatable bonds is 5. The number of halogens is 1. The van der Waals surface area contributed by atoms with Crippen LogP contribution in [0, 0.1) is 0 Å². The predicted octanol–water partition coefficient (Wildman–Crippen LogP) is 2.83. The summed E-state index contributed by atoms with van der Waals surface area (Å²) < 4.78 is 5.16. The van der Waals surface area contributed by atoms with Gasteiger partial charge in [-0.1, -0.05) is 60.1 Å². The number of primary amides is 1. The van der Waals surface area contributed by atoms with Crippen molar-refractivity contribution in [2.45, 2.75) is 12.6 Å². The van der Waals surface area contributed by atoms with E-state index < -0.39 is 12.2 Å². The lowest BCUT2D eigenvalue weighted by Gasteiger charge is -2.17. The molecule has 0 bridgehead atoms. The molecule has 1 aromatic heterocycles. The second-order valence-electron chi connectivity index (χ2n) is 4.98. The number of hydrogen-bond donors (Lipinski definition) is 1. The molecule has 0 aliphatic heterocycles. The number of nitrogens with two attached hydrogens (primary N) is 1. The Labute approximate surface area is 143 Å². The van der Waals surface area contributed by atoms with Gasteiger partial charge in [-0.3, -0.25) is 0 Å². The highest BCUT2D eigenvalue weighted by molar-refractivity contribution is 6.31. The van der Waals surface area contributed by atoms with Gasteiger partial charge in [0.15, 0.2) is 6.10 Å². The van der Waals surface area contributed by atoms with Crippen molar-refractivity contribution in [1.29, 1.82) is 0 Å². The van der Waals surface area contributed by atoms with Crippen LogP contribution >= 0.6 is 11.6 Å². The third-order valence-electron chi connectivity index (χ3n) is 3.32. The first kappa shape index (κ1) is 15.9. The van der Waals surface area contributed by atoms with E-state index in [2.05, 4.69) is 15.4 Å². The number of benzene rings is 2. The first-order valence-corrected chi connectivity index (χ1v) is 7.55. The highest BCUT2D eigenvalue weighted by Gasteiger charge is 2.20. The van der Waals surface area contributed by atoms with Crippen LogP contribution in [0.3, 0.4) is 0 Å². The second-order valence-corrected chi connectivity index (χ2v) is 5.39. The fourth-order valence-corrected chi connectivity index (χ4v) is 2.50. The molecule has 8 heteroatoms. The van der Waals surface area contributed by atoms with Crippen molar-refractivity contribution in [2.75, 3.05) is 0 Å². The Bertz CT molecular complexity index is 837. The average molecular weight is 344 g/mol. The molecule has 1 unspecified atom stereocenters. The third kappa shape index (κ3) is 3.69. The topological polar surface area (TPSA) is 95.9 Å². The van der Waals surface area contributed by atoms with Crippen LogP contribution in [0.2, 0.25) is 5.02 Å². The van der Waals surface area contributed by atoms with E-state index in [1.165, 1.54) is 4.80 Å². The summed E-state index contributed by atoms with van der Waals surface area (Å²) in [5.41, 5.74) is 6.62. The van der Waals surface area contributed by atoms with Gasteiger partial charge < -0.3 is 10.5 Å². The average Bonchev–Trinajstić information content (AvgIpc) is 3.04. The Morgan fingerprint density at radius 1 is 1.17 bits per heavy atom. The van der Waals surface area contributed by atoms with Crippen molar-refractivity contribution < 1.29 is 9.53 Å². The van der Waals surface area contributed by atoms with Crippen LogP contribution in [0.5, 0.6) is 0 Å². The van der Waals surface area contributed by atoms with E-state index in [4.69, 9.17) is 22.1 Å². The van der Waals surface area contributed by atoms with Crippen LogP contribution < -0.4 is 5.73 Å². The zero-order valence-electron chi connectivity index (χ0n) is 12.5. The molecule has 1 amide bonds. The number of nitrogens with zero attached hydrogens (tertiary/aromatic N) is 4. The summed E-state index contributed by atoms with van der Waals surface area (Å²) in [5.74, 6) is 0.479. The molecule has 24 heavy (non-hydrogen) atoms. The van der Waals surface area contributed by atoms with Gasteiger partial charge in [0.05, 0.1) is 0 Å². The summed E-state index contributed by atoms with van der Waals surface area (Å²) in [4.78, 5) is 12.5. The molecule has 1 atom stereocenters. The van der Waals surface area contributed by atoms with Crippen LogP contribution in [-0.4, -0.2) is 26.3 Å². The minimum Gasteiger partial charge on any atom is -0.439 e. The van der Waals surface area contributed by atoms with Crippen molar-refractivity contribution in [3.8, 4) is 11.4 Å². The number of amides is 1. The normalized spacial score (nSPS) is 11.9. The van der Waals surface area contributed by atoms with Crippen LogP contribution in [0.25, 0.3) is 11.4 Å². The Balaban J connectivity index is 1.85. The summed E-state index contributed by atoms with van der Waals surface area (Å²) in [6, 6.07) is 16.5. The van der Waals surface area contributed by atoms with Gasteiger partial charge in [0.25, 0.3) is 0 Å². The van der Waals surface area contributed by atoms with E-state index in [0.717, 1.165) is 5.56 Å². The Hall–Kier alpha value is -2.93. The van der Waals surface area contributed by atoms with Gasteiger partial charge >= 0.3 is 6.09 Å². The molecule has 0 radical (unpaired) electrons. The van der Waals surface area contributed by atoms with E-state index in [1.54, 1.807) is 24.3 Å². The molecule has 3 rings (SSSR count). The summed E-state index contributed by atoms with van der Waals surface area (Å²) in [6.07, 6.45) is -1.61. The molecule has 7 nitrogen and oxygen atoms in total. The highest BCUT2D eigenvalue weighted by Crippen LogP contribution is 2.26. The summed E-state index contributed by atoms with van der Waals surface area (Å²) in [7, 11) is 0. The van der Waals surface area contributed by atoms with E-state index >= 15 is 0 Å². The summed E-state index contributed by atoms with van der Waals surface area (Å²) >= 11 is 6.17. The lowest BCUT2D eigenvalue weighted by Crippen LogP contribution is -2.22. The van der Waals surface area contributed by atoms with Crippen molar-refractivity contribution in [3.63, 3.8) is 0 Å². The van der Waals surface area contributed by atoms with E-state index in [9.17, 15) is 4.79 Å².